The van der Waals surface area contributed by atoms with Crippen LogP contribution in [0.1, 0.15) is 11.1 Å². The highest BCUT2D eigenvalue weighted by Gasteiger charge is 2.13. The molecular weight excluding hydrogens is 463 g/mol. The molecule has 0 aliphatic carbocycles. The lowest BCUT2D eigenvalue weighted by Crippen LogP contribution is -2.19. The van der Waals surface area contributed by atoms with Crippen molar-refractivity contribution in [3.05, 3.63) is 74.9 Å². The Balaban J connectivity index is 0.00000122. The molecule has 1 N–H and O–H groups in total. The Hall–Kier alpha value is -3.24. The van der Waals surface area contributed by atoms with E-state index < -0.39 is 18.0 Å². The summed E-state index contributed by atoms with van der Waals surface area (Å²) in [6.45, 7) is -1.04. The third-order valence-electron chi connectivity index (χ3n) is 4.19. The quantitative estimate of drug-likeness (QED) is 0.507. The first-order chi connectivity index (χ1) is 15.7. The van der Waals surface area contributed by atoms with E-state index >= 15 is 0 Å². The Morgan fingerprint density at radius 1 is 1.15 bits per heavy atom. The number of nitrogens with zero attached hydrogens (tertiary/aromatic N) is 2. The van der Waals surface area contributed by atoms with Crippen LogP contribution >= 0.6 is 11.6 Å². The zero-order valence-electron chi connectivity index (χ0n) is 18.4. The summed E-state index contributed by atoms with van der Waals surface area (Å²) in [7, 11) is 4.59. The molecule has 0 saturated heterocycles. The molecule has 0 spiro atoms. The van der Waals surface area contributed by atoms with E-state index in [0.717, 1.165) is 0 Å². The molecule has 7 nitrogen and oxygen atoms in total. The molecular formula is C22H23ClF3N3O4. The van der Waals surface area contributed by atoms with Crippen LogP contribution in [-0.4, -0.2) is 37.5 Å². The molecule has 178 valence electrons. The van der Waals surface area contributed by atoms with Gasteiger partial charge in [-0.05, 0) is 48.4 Å². The number of hydrogen-bond donors (Lipinski definition) is 1. The number of halogens is 4. The van der Waals surface area contributed by atoms with Gasteiger partial charge in [-0.2, -0.15) is 13.8 Å². The molecule has 0 fully saturated rings. The normalized spacial score (nSPS) is 10.5. The van der Waals surface area contributed by atoms with E-state index in [1.165, 1.54) is 43.6 Å². The second kappa shape index (κ2) is 12.1. The molecule has 3 aromatic rings. The summed E-state index contributed by atoms with van der Waals surface area (Å²) in [5.41, 5.74) is 1.19. The molecule has 0 saturated carbocycles. The molecule has 0 aliphatic rings. The number of alkyl halides is 2. The highest BCUT2D eigenvalue weighted by Crippen LogP contribution is 2.26. The van der Waals surface area contributed by atoms with E-state index in [1.54, 1.807) is 31.8 Å². The molecule has 2 aromatic carbocycles. The van der Waals surface area contributed by atoms with E-state index in [9.17, 15) is 18.0 Å². The number of aryl methyl sites for hydroxylation is 1. The summed E-state index contributed by atoms with van der Waals surface area (Å²) in [6, 6.07) is 8.59. The van der Waals surface area contributed by atoms with Crippen LogP contribution < -0.4 is 20.3 Å². The first-order valence-corrected chi connectivity index (χ1v) is 9.88. The monoisotopic (exact) mass is 485 g/mol. The summed E-state index contributed by atoms with van der Waals surface area (Å²) >= 11 is 5.85. The fourth-order valence-corrected chi connectivity index (χ4v) is 2.94. The number of aromatic nitrogens is 2. The molecule has 11 heteroatoms. The first kappa shape index (κ1) is 26.0. The number of methoxy groups -OCH3 is 2. The number of nitrogens with one attached hydrogen (secondary N) is 1. The molecule has 0 atom stereocenters. The molecule has 33 heavy (non-hydrogen) atoms. The number of rotatable bonds is 7. The minimum Gasteiger partial charge on any atom is -0.490 e. The van der Waals surface area contributed by atoms with Crippen LogP contribution in [0, 0.1) is 12.7 Å². The van der Waals surface area contributed by atoms with Gasteiger partial charge in [0.1, 0.15) is 11.6 Å². The van der Waals surface area contributed by atoms with Gasteiger partial charge >= 0.3 is 12.2 Å². The first-order valence-electron chi connectivity index (χ1n) is 9.50. The van der Waals surface area contributed by atoms with E-state index in [0.29, 0.717) is 16.8 Å². The van der Waals surface area contributed by atoms with E-state index in [2.05, 4.69) is 19.8 Å². The van der Waals surface area contributed by atoms with Crippen LogP contribution in [0.4, 0.5) is 24.8 Å². The highest BCUT2D eigenvalue weighted by atomic mass is 35.5. The van der Waals surface area contributed by atoms with Crippen molar-refractivity contribution >= 4 is 23.2 Å². The van der Waals surface area contributed by atoms with E-state index in [4.69, 9.17) is 16.3 Å². The lowest BCUT2D eigenvalue weighted by molar-refractivity contribution is -0.0498. The van der Waals surface area contributed by atoms with Crippen LogP contribution in [0.2, 0.25) is 5.02 Å². The average Bonchev–Trinajstić information content (AvgIpc) is 2.74. The van der Waals surface area contributed by atoms with Gasteiger partial charge in [0.2, 0.25) is 11.7 Å². The van der Waals surface area contributed by atoms with Gasteiger partial charge < -0.3 is 24.1 Å². The second-order valence-electron chi connectivity index (χ2n) is 6.70. The van der Waals surface area contributed by atoms with Crippen LogP contribution in [-0.2, 0) is 11.3 Å². The molecule has 0 bridgehead atoms. The number of hydrogen-bond acceptors (Lipinski definition) is 6. The largest absolute Gasteiger partial charge is 0.490 e. The Bertz CT molecular complexity index is 1140. The average molecular weight is 486 g/mol. The highest BCUT2D eigenvalue weighted by molar-refractivity contribution is 6.30. The summed E-state index contributed by atoms with van der Waals surface area (Å²) in [6.07, 6.45) is 1.46. The number of benzene rings is 2. The fraction of sp³-hybridized carbons (Fsp3) is 0.273. The van der Waals surface area contributed by atoms with Gasteiger partial charge in [-0.3, -0.25) is 4.79 Å². The van der Waals surface area contributed by atoms with Crippen molar-refractivity contribution in [1.29, 1.82) is 0 Å². The lowest BCUT2D eigenvalue weighted by atomic mass is 10.2. The molecule has 0 radical (unpaired) electrons. The molecule has 1 heterocycles. The minimum atomic E-state index is -2.93. The maximum Gasteiger partial charge on any atom is 0.387 e. The van der Waals surface area contributed by atoms with Crippen molar-refractivity contribution in [3.8, 4) is 11.5 Å². The van der Waals surface area contributed by atoms with Crippen LogP contribution in [0.3, 0.4) is 0 Å². The van der Waals surface area contributed by atoms with Gasteiger partial charge in [-0.25, -0.2) is 4.39 Å². The van der Waals surface area contributed by atoms with Crippen molar-refractivity contribution in [3.63, 3.8) is 0 Å². The van der Waals surface area contributed by atoms with Gasteiger partial charge in [-0.1, -0.05) is 17.7 Å². The maximum absolute atomic E-state index is 13.5. The van der Waals surface area contributed by atoms with Gasteiger partial charge in [0.25, 0.3) is 0 Å². The van der Waals surface area contributed by atoms with Crippen molar-refractivity contribution < 1.29 is 27.4 Å². The van der Waals surface area contributed by atoms with Crippen molar-refractivity contribution in [2.45, 2.75) is 20.1 Å². The summed E-state index contributed by atoms with van der Waals surface area (Å²) in [4.78, 5) is 16.2. The third kappa shape index (κ3) is 7.40. The summed E-state index contributed by atoms with van der Waals surface area (Å²) in [5, 5.41) is 2.97. The van der Waals surface area contributed by atoms with Crippen molar-refractivity contribution in [1.82, 2.24) is 9.55 Å². The lowest BCUT2D eigenvalue weighted by Gasteiger charge is -2.17. The summed E-state index contributed by atoms with van der Waals surface area (Å²) < 4.78 is 53.5. The molecule has 0 amide bonds. The van der Waals surface area contributed by atoms with Gasteiger partial charge in [-0.15, -0.1) is 0 Å². The van der Waals surface area contributed by atoms with Crippen LogP contribution in [0.25, 0.3) is 0 Å². The number of ether oxygens (including phenoxy) is 3. The number of anilines is 2. The zero-order valence-corrected chi connectivity index (χ0v) is 19.1. The Morgan fingerprint density at radius 3 is 2.42 bits per heavy atom. The topological polar surface area (TPSA) is 74.6 Å². The second-order valence-corrected chi connectivity index (χ2v) is 7.11. The molecule has 1 aromatic heterocycles. The van der Waals surface area contributed by atoms with Crippen molar-refractivity contribution in [2.75, 3.05) is 26.6 Å². The van der Waals surface area contributed by atoms with E-state index in [-0.39, 0.29) is 29.0 Å². The SMILES string of the molecule is COC.COc1cn(Cc2ccc(F)c(Cl)c2)c(Nc2ccc(OC(F)F)cc2C)nc1=O. The molecule has 0 unspecified atom stereocenters. The predicted molar refractivity (Wildman–Crippen MR) is 120 cm³/mol. The maximum atomic E-state index is 13.5. The standard InChI is InChI=1S/C20H17ClF3N3O3.C2H6O/c1-11-7-13(30-19(23)24)4-6-16(11)25-20-26-18(28)17(29-2)10-27(20)9-12-3-5-15(22)14(21)8-12;1-3-2/h3-8,10,19H,9H2,1-2H3,(H,25,26,28);1-2H3. The zero-order chi connectivity index (χ0) is 24.5. The Morgan fingerprint density at radius 2 is 1.85 bits per heavy atom. The van der Waals surface area contributed by atoms with Gasteiger partial charge in [0, 0.05) is 19.9 Å². The minimum absolute atomic E-state index is 0.00841. The van der Waals surface area contributed by atoms with Crippen LogP contribution in [0.15, 0.2) is 47.4 Å². The Labute approximate surface area is 193 Å². The van der Waals surface area contributed by atoms with Crippen LogP contribution in [0.5, 0.6) is 11.5 Å². The third-order valence-corrected chi connectivity index (χ3v) is 4.48. The van der Waals surface area contributed by atoms with Gasteiger partial charge in [0.15, 0.2) is 0 Å². The predicted octanol–water partition coefficient (Wildman–Crippen LogP) is 5.01. The van der Waals surface area contributed by atoms with Crippen molar-refractivity contribution in [2.24, 2.45) is 0 Å². The molecule has 0 aliphatic heterocycles. The Kier molecular flexibility index (Phi) is 9.56. The smallest absolute Gasteiger partial charge is 0.387 e. The van der Waals surface area contributed by atoms with Gasteiger partial charge in [0.05, 0.1) is 24.9 Å². The fourth-order valence-electron chi connectivity index (χ4n) is 2.74. The summed E-state index contributed by atoms with van der Waals surface area (Å²) in [5.74, 6) is -0.344. The molecule has 3 rings (SSSR count). The van der Waals surface area contributed by atoms with E-state index in [1.807, 2.05) is 0 Å².